The van der Waals surface area contributed by atoms with Crippen molar-refractivity contribution in [3.05, 3.63) is 57.6 Å². The highest BCUT2D eigenvalue weighted by atomic mass is 35.5. The minimum absolute atomic E-state index is 0.701. The van der Waals surface area contributed by atoms with Crippen LogP contribution < -0.4 is 5.32 Å². The fourth-order valence-corrected chi connectivity index (χ4v) is 3.23. The van der Waals surface area contributed by atoms with Crippen molar-refractivity contribution in [2.75, 3.05) is 0 Å². The van der Waals surface area contributed by atoms with E-state index in [-0.39, 0.29) is 0 Å². The lowest BCUT2D eigenvalue weighted by molar-refractivity contribution is 0.688. The Kier molecular flexibility index (Phi) is 4.05. The molecule has 1 aliphatic rings. The van der Waals surface area contributed by atoms with Gasteiger partial charge in [-0.05, 0) is 73.6 Å². The third-order valence-electron chi connectivity index (χ3n) is 4.17. The molecule has 0 spiro atoms. The molecule has 1 saturated carbocycles. The molecule has 0 radical (unpaired) electrons. The van der Waals surface area contributed by atoms with Crippen molar-refractivity contribution in [2.24, 2.45) is 0 Å². The van der Waals surface area contributed by atoms with Crippen LogP contribution in [0.4, 0.5) is 0 Å². The van der Waals surface area contributed by atoms with Crippen molar-refractivity contribution in [1.82, 2.24) is 5.32 Å². The summed E-state index contributed by atoms with van der Waals surface area (Å²) >= 11 is 6.35. The van der Waals surface area contributed by atoms with Crippen molar-refractivity contribution < 1.29 is 0 Å². The van der Waals surface area contributed by atoms with Gasteiger partial charge in [-0.1, -0.05) is 35.4 Å². The van der Waals surface area contributed by atoms with E-state index in [1.165, 1.54) is 46.2 Å². The van der Waals surface area contributed by atoms with Gasteiger partial charge in [0, 0.05) is 17.6 Å². The molecule has 1 nitrogen and oxygen atoms in total. The van der Waals surface area contributed by atoms with Crippen LogP contribution in [0.5, 0.6) is 0 Å². The van der Waals surface area contributed by atoms with E-state index in [0.29, 0.717) is 6.04 Å². The smallest absolute Gasteiger partial charge is 0.0451 e. The van der Waals surface area contributed by atoms with Gasteiger partial charge in [-0.2, -0.15) is 0 Å². The maximum Gasteiger partial charge on any atom is 0.0451 e. The highest BCUT2D eigenvalue weighted by Crippen LogP contribution is 2.31. The molecule has 3 rings (SSSR count). The van der Waals surface area contributed by atoms with E-state index in [2.05, 4.69) is 50.4 Å². The maximum absolute atomic E-state index is 6.35. The van der Waals surface area contributed by atoms with Crippen LogP contribution in [-0.4, -0.2) is 6.04 Å². The first-order chi connectivity index (χ1) is 10.0. The number of nitrogens with one attached hydrogen (secondary N) is 1. The Morgan fingerprint density at radius 3 is 2.33 bits per heavy atom. The Morgan fingerprint density at radius 2 is 1.71 bits per heavy atom. The minimum atomic E-state index is 0.701. The van der Waals surface area contributed by atoms with Gasteiger partial charge in [0.1, 0.15) is 0 Å². The first-order valence-electron chi connectivity index (χ1n) is 7.64. The Hall–Kier alpha value is -1.31. The van der Waals surface area contributed by atoms with Gasteiger partial charge in [0.2, 0.25) is 0 Å². The van der Waals surface area contributed by atoms with Crippen molar-refractivity contribution >= 4 is 11.6 Å². The molecule has 110 valence electrons. The molecule has 0 heterocycles. The lowest BCUT2D eigenvalue weighted by atomic mass is 9.93. The monoisotopic (exact) mass is 299 g/mol. The van der Waals surface area contributed by atoms with Crippen LogP contribution in [0.25, 0.3) is 11.1 Å². The zero-order valence-electron chi connectivity index (χ0n) is 13.0. The molecule has 0 unspecified atom stereocenters. The second kappa shape index (κ2) is 5.82. The molecule has 21 heavy (non-hydrogen) atoms. The summed E-state index contributed by atoms with van der Waals surface area (Å²) in [6.07, 6.45) is 2.60. The van der Waals surface area contributed by atoms with Gasteiger partial charge in [0.15, 0.2) is 0 Å². The van der Waals surface area contributed by atoms with E-state index < -0.39 is 0 Å². The van der Waals surface area contributed by atoms with Crippen molar-refractivity contribution in [3.8, 4) is 11.1 Å². The average molecular weight is 300 g/mol. The minimum Gasteiger partial charge on any atom is -0.310 e. The first kappa shape index (κ1) is 14.6. The predicted molar refractivity (Wildman–Crippen MR) is 91.0 cm³/mol. The van der Waals surface area contributed by atoms with Gasteiger partial charge in [0.05, 0.1) is 0 Å². The summed E-state index contributed by atoms with van der Waals surface area (Å²) in [5.41, 5.74) is 7.78. The highest BCUT2D eigenvalue weighted by Gasteiger charge is 2.20. The molecule has 0 amide bonds. The Morgan fingerprint density at radius 1 is 1.05 bits per heavy atom. The molecule has 0 aliphatic heterocycles. The van der Waals surface area contributed by atoms with Gasteiger partial charge < -0.3 is 5.32 Å². The number of halogens is 1. The van der Waals surface area contributed by atoms with Crippen LogP contribution in [0.2, 0.25) is 5.02 Å². The molecule has 0 aromatic heterocycles. The number of aryl methyl sites for hydroxylation is 3. The van der Waals surface area contributed by atoms with Crippen molar-refractivity contribution in [1.29, 1.82) is 0 Å². The summed E-state index contributed by atoms with van der Waals surface area (Å²) in [6.45, 7) is 7.38. The maximum atomic E-state index is 6.35. The molecule has 0 saturated heterocycles. The van der Waals surface area contributed by atoms with Gasteiger partial charge in [-0.15, -0.1) is 0 Å². The highest BCUT2D eigenvalue weighted by molar-refractivity contribution is 6.31. The van der Waals surface area contributed by atoms with Crippen LogP contribution in [0.3, 0.4) is 0 Å². The zero-order chi connectivity index (χ0) is 15.0. The summed E-state index contributed by atoms with van der Waals surface area (Å²) in [7, 11) is 0. The second-order valence-corrected chi connectivity index (χ2v) is 6.64. The largest absolute Gasteiger partial charge is 0.310 e. The first-order valence-corrected chi connectivity index (χ1v) is 8.02. The quantitative estimate of drug-likeness (QED) is 0.820. The predicted octanol–water partition coefficient (Wildman–Crippen LogP) is 5.18. The van der Waals surface area contributed by atoms with E-state index in [1.54, 1.807) is 0 Å². The summed E-state index contributed by atoms with van der Waals surface area (Å²) in [5, 5.41) is 4.40. The summed E-state index contributed by atoms with van der Waals surface area (Å²) < 4.78 is 0. The lowest BCUT2D eigenvalue weighted by Crippen LogP contribution is -2.15. The molecule has 0 atom stereocenters. The second-order valence-electron chi connectivity index (χ2n) is 6.24. The molecular weight excluding hydrogens is 278 g/mol. The topological polar surface area (TPSA) is 12.0 Å². The number of benzene rings is 2. The number of hydrogen-bond donors (Lipinski definition) is 1. The molecule has 2 aromatic carbocycles. The summed E-state index contributed by atoms with van der Waals surface area (Å²) in [5.74, 6) is 0. The number of hydrogen-bond acceptors (Lipinski definition) is 1. The molecule has 1 fully saturated rings. The van der Waals surface area contributed by atoms with E-state index in [4.69, 9.17) is 11.6 Å². The third-order valence-corrected chi connectivity index (χ3v) is 4.54. The van der Waals surface area contributed by atoms with E-state index >= 15 is 0 Å². The Labute approximate surface area is 132 Å². The van der Waals surface area contributed by atoms with Crippen LogP contribution in [-0.2, 0) is 6.54 Å². The van der Waals surface area contributed by atoms with Crippen LogP contribution in [0, 0.1) is 20.8 Å². The van der Waals surface area contributed by atoms with Crippen LogP contribution >= 0.6 is 11.6 Å². The van der Waals surface area contributed by atoms with E-state index in [0.717, 1.165) is 11.6 Å². The summed E-state index contributed by atoms with van der Waals surface area (Å²) in [4.78, 5) is 0. The fourth-order valence-electron chi connectivity index (χ4n) is 3.04. The standard InChI is InChI=1S/C19H22ClN/c1-12-8-13(2)19(14(3)9-12)15-4-7-18(20)16(10-15)11-21-17-5-6-17/h4,7-10,17,21H,5-6,11H2,1-3H3. The molecule has 1 aliphatic carbocycles. The SMILES string of the molecule is Cc1cc(C)c(-c2ccc(Cl)c(CNC3CC3)c2)c(C)c1. The van der Waals surface area contributed by atoms with Crippen molar-refractivity contribution in [3.63, 3.8) is 0 Å². The Balaban J connectivity index is 1.96. The van der Waals surface area contributed by atoms with Gasteiger partial charge in [0.25, 0.3) is 0 Å². The van der Waals surface area contributed by atoms with Crippen LogP contribution in [0.15, 0.2) is 30.3 Å². The number of rotatable bonds is 4. The lowest BCUT2D eigenvalue weighted by Gasteiger charge is -2.14. The average Bonchev–Trinajstić information content (AvgIpc) is 3.22. The Bertz CT molecular complexity index is 648. The van der Waals surface area contributed by atoms with Crippen molar-refractivity contribution in [2.45, 2.75) is 46.2 Å². The van der Waals surface area contributed by atoms with Gasteiger partial charge in [-0.25, -0.2) is 0 Å². The molecular formula is C19H22ClN. The molecule has 2 aromatic rings. The van der Waals surface area contributed by atoms with Crippen LogP contribution in [0.1, 0.15) is 35.1 Å². The zero-order valence-corrected chi connectivity index (χ0v) is 13.7. The third kappa shape index (κ3) is 3.30. The fraction of sp³-hybridized carbons (Fsp3) is 0.368. The summed E-state index contributed by atoms with van der Waals surface area (Å²) in [6, 6.07) is 11.6. The normalized spacial score (nSPS) is 14.5. The van der Waals surface area contributed by atoms with Gasteiger partial charge >= 0.3 is 0 Å². The van der Waals surface area contributed by atoms with E-state index in [9.17, 15) is 0 Å². The molecule has 0 bridgehead atoms. The van der Waals surface area contributed by atoms with E-state index in [1.807, 2.05) is 6.07 Å². The van der Waals surface area contributed by atoms with Gasteiger partial charge in [-0.3, -0.25) is 0 Å². The molecule has 1 N–H and O–H groups in total. The molecule has 2 heteroatoms.